The monoisotopic (exact) mass is 527 g/mol. The first-order valence-corrected chi connectivity index (χ1v) is 12.1. The number of carbonyl (C=O) groups is 1. The highest BCUT2D eigenvalue weighted by Gasteiger charge is 2.15. The predicted molar refractivity (Wildman–Crippen MR) is 145 cm³/mol. The second kappa shape index (κ2) is 10.8. The van der Waals surface area contributed by atoms with Gasteiger partial charge in [0, 0.05) is 24.2 Å². The number of aryl methyl sites for hydroxylation is 1. The molecule has 0 aliphatic carbocycles. The van der Waals surface area contributed by atoms with Crippen molar-refractivity contribution in [3.05, 3.63) is 59.8 Å². The Bertz CT molecular complexity index is 1340. The van der Waals surface area contributed by atoms with Gasteiger partial charge in [-0.25, -0.2) is 19.9 Å². The fraction of sp³-hybridized carbons (Fsp3) is 0.182. The fourth-order valence-corrected chi connectivity index (χ4v) is 4.57. The third-order valence-electron chi connectivity index (χ3n) is 4.97. The molecule has 0 aliphatic rings. The van der Waals surface area contributed by atoms with Crippen molar-refractivity contribution in [1.29, 1.82) is 0 Å². The lowest BCUT2D eigenvalue weighted by molar-refractivity contribution is 0.0960. The lowest BCUT2D eigenvalue weighted by Gasteiger charge is -2.12. The van der Waals surface area contributed by atoms with E-state index in [2.05, 4.69) is 86.1 Å². The van der Waals surface area contributed by atoms with Gasteiger partial charge in [0.2, 0.25) is 0 Å². The molecule has 1 amide bonds. The zero-order chi connectivity index (χ0) is 24.2. The Balaban J connectivity index is 1.52. The van der Waals surface area contributed by atoms with Crippen molar-refractivity contribution in [2.45, 2.75) is 28.1 Å². The summed E-state index contributed by atoms with van der Waals surface area (Å²) in [7, 11) is 0. The first-order chi connectivity index (χ1) is 16.3. The summed E-state index contributed by atoms with van der Waals surface area (Å²) in [5, 5.41) is 7.77. The van der Waals surface area contributed by atoms with Crippen LogP contribution in [0.15, 0.2) is 52.9 Å². The first kappa shape index (κ1) is 24.6. The summed E-state index contributed by atoms with van der Waals surface area (Å²) in [4.78, 5) is 34.2. The van der Waals surface area contributed by atoms with Crippen LogP contribution in [-0.4, -0.2) is 42.1 Å². The highest BCUT2D eigenvalue weighted by Crippen LogP contribution is 2.29. The summed E-state index contributed by atoms with van der Waals surface area (Å²) in [6.45, 7) is 2.38. The van der Waals surface area contributed by atoms with Gasteiger partial charge < -0.3 is 10.6 Å². The molecule has 0 unspecified atom stereocenters. The Morgan fingerprint density at radius 1 is 1.06 bits per heavy atom. The summed E-state index contributed by atoms with van der Waals surface area (Å²) in [5.74, 6) is 0.984. The van der Waals surface area contributed by atoms with E-state index in [4.69, 9.17) is 0 Å². The van der Waals surface area contributed by atoms with Gasteiger partial charge in [-0.3, -0.25) is 9.78 Å². The molecule has 1 aromatic carbocycles. The second-order valence-corrected chi connectivity index (χ2v) is 9.56. The van der Waals surface area contributed by atoms with E-state index in [0.717, 1.165) is 16.5 Å². The van der Waals surface area contributed by atoms with Gasteiger partial charge in [-0.05, 0) is 25.0 Å². The molecule has 0 radical (unpaired) electrons. The number of nitrogens with one attached hydrogen (secondary N) is 2. The Hall–Kier alpha value is -2.54. The Labute approximate surface area is 218 Å². The molecule has 3 heterocycles. The van der Waals surface area contributed by atoms with Crippen LogP contribution in [0.3, 0.4) is 0 Å². The van der Waals surface area contributed by atoms with Crippen molar-refractivity contribution in [3.8, 4) is 11.3 Å². The minimum atomic E-state index is -0.551. The van der Waals surface area contributed by atoms with E-state index >= 15 is 0 Å². The van der Waals surface area contributed by atoms with Crippen LogP contribution in [0.1, 0.15) is 21.7 Å². The molecule has 8 nitrogen and oxygen atoms in total. The van der Waals surface area contributed by atoms with Gasteiger partial charge in [-0.2, -0.15) is 0 Å². The van der Waals surface area contributed by atoms with Crippen LogP contribution in [0, 0.1) is 6.92 Å². The molecule has 0 spiro atoms. The van der Waals surface area contributed by atoms with Crippen LogP contribution in [0.4, 0.5) is 5.82 Å². The molecule has 34 heavy (non-hydrogen) atoms. The van der Waals surface area contributed by atoms with Crippen molar-refractivity contribution in [1.82, 2.24) is 30.2 Å². The van der Waals surface area contributed by atoms with Crippen LogP contribution in [0.5, 0.6) is 0 Å². The highest BCUT2D eigenvalue weighted by atomic mass is 32.2. The number of amides is 1. The van der Waals surface area contributed by atoms with Gasteiger partial charge >= 0.3 is 0 Å². The quantitative estimate of drug-likeness (QED) is 0.123. The molecule has 0 saturated heterocycles. The zero-order valence-electron chi connectivity index (χ0n) is 18.0. The summed E-state index contributed by atoms with van der Waals surface area (Å²) >= 11 is 17.1. The number of fused-ring (bicyclic) bond motifs is 1. The standard InChI is InChI=1S/C22H21N7OS4/c1-11-27-20(31)17(21(32)28-11)15-9-16(26-10-25-15)23-7-5-12-3-2-4-13-14(6-8-24-18(12)13)19(30)29-22(33)34/h2-4,6,8-10,22,33-34H,5,7H2,1H3,(H,29,30)(H,23,25,26)(H2,27,28,31,32). The van der Waals surface area contributed by atoms with Crippen molar-refractivity contribution in [2.24, 2.45) is 0 Å². The van der Waals surface area contributed by atoms with Gasteiger partial charge in [-0.15, -0.1) is 50.5 Å². The Morgan fingerprint density at radius 3 is 2.56 bits per heavy atom. The zero-order valence-corrected chi connectivity index (χ0v) is 21.5. The number of aromatic nitrogens is 5. The van der Waals surface area contributed by atoms with Crippen molar-refractivity contribution < 1.29 is 4.79 Å². The number of hydrogen-bond donors (Lipinski definition) is 6. The third-order valence-corrected chi connectivity index (χ3v) is 5.87. The van der Waals surface area contributed by atoms with Gasteiger partial charge in [0.05, 0.1) is 22.3 Å². The molecule has 0 fully saturated rings. The lowest BCUT2D eigenvalue weighted by Crippen LogP contribution is -2.27. The number of pyridine rings is 1. The van der Waals surface area contributed by atoms with E-state index in [1.807, 2.05) is 24.3 Å². The Kier molecular flexibility index (Phi) is 7.81. The maximum Gasteiger partial charge on any atom is 0.253 e. The molecular formula is C22H21N7OS4. The molecule has 4 aromatic rings. The third kappa shape index (κ3) is 5.57. The largest absolute Gasteiger partial charge is 0.370 e. The topological polar surface area (TPSA) is 106 Å². The van der Waals surface area contributed by atoms with Gasteiger partial charge in [-0.1, -0.05) is 18.2 Å². The second-order valence-electron chi connectivity index (χ2n) is 7.28. The van der Waals surface area contributed by atoms with E-state index in [9.17, 15) is 4.79 Å². The van der Waals surface area contributed by atoms with Crippen molar-refractivity contribution in [3.63, 3.8) is 0 Å². The summed E-state index contributed by atoms with van der Waals surface area (Å²) < 4.78 is -0.551. The SMILES string of the molecule is Cc1nc(S)c(-c2cc(NCCc3cccc4c(C(=O)NC(S)S)ccnc34)ncn2)c(S)n1. The number of hydrogen-bond acceptors (Lipinski definition) is 11. The smallest absolute Gasteiger partial charge is 0.253 e. The average molecular weight is 528 g/mol. The van der Waals surface area contributed by atoms with Crippen molar-refractivity contribution >= 4 is 73.1 Å². The van der Waals surface area contributed by atoms with E-state index in [0.29, 0.717) is 51.5 Å². The number of carbonyl (C=O) groups excluding carboxylic acids is 1. The molecule has 174 valence electrons. The summed E-state index contributed by atoms with van der Waals surface area (Å²) in [6, 6.07) is 9.28. The number of thiol groups is 4. The molecular weight excluding hydrogens is 507 g/mol. The molecule has 3 aromatic heterocycles. The minimum absolute atomic E-state index is 0.251. The maximum atomic E-state index is 12.5. The van der Waals surface area contributed by atoms with E-state index in [1.54, 1.807) is 19.2 Å². The Morgan fingerprint density at radius 2 is 1.82 bits per heavy atom. The fourth-order valence-electron chi connectivity index (χ4n) is 3.52. The van der Waals surface area contributed by atoms with Gasteiger partial charge in [0.15, 0.2) is 0 Å². The van der Waals surface area contributed by atoms with E-state index < -0.39 is 4.71 Å². The van der Waals surface area contributed by atoms with Gasteiger partial charge in [0.1, 0.15) is 32.7 Å². The van der Waals surface area contributed by atoms with Gasteiger partial charge in [0.25, 0.3) is 5.91 Å². The van der Waals surface area contributed by atoms with Crippen LogP contribution >= 0.6 is 50.5 Å². The van der Waals surface area contributed by atoms with Crippen LogP contribution in [-0.2, 0) is 6.42 Å². The molecule has 2 N–H and O–H groups in total. The lowest BCUT2D eigenvalue weighted by atomic mass is 10.0. The molecule has 0 aliphatic heterocycles. The predicted octanol–water partition coefficient (Wildman–Crippen LogP) is 3.90. The first-order valence-electron chi connectivity index (χ1n) is 10.2. The van der Waals surface area contributed by atoms with Crippen LogP contribution in [0.25, 0.3) is 22.2 Å². The van der Waals surface area contributed by atoms with E-state index in [1.165, 1.54) is 6.33 Å². The molecule has 0 saturated carbocycles. The highest BCUT2D eigenvalue weighted by molar-refractivity contribution is 7.99. The number of anilines is 1. The number of nitrogens with zero attached hydrogens (tertiary/aromatic N) is 5. The van der Waals surface area contributed by atoms with Crippen LogP contribution in [0.2, 0.25) is 0 Å². The van der Waals surface area contributed by atoms with E-state index in [-0.39, 0.29) is 5.91 Å². The number of para-hydroxylation sites is 1. The van der Waals surface area contributed by atoms with Crippen molar-refractivity contribution in [2.75, 3.05) is 11.9 Å². The van der Waals surface area contributed by atoms with Crippen LogP contribution < -0.4 is 10.6 Å². The maximum absolute atomic E-state index is 12.5. The molecule has 12 heteroatoms. The summed E-state index contributed by atoms with van der Waals surface area (Å²) in [5.41, 5.74) is 3.58. The number of rotatable bonds is 7. The normalized spacial score (nSPS) is 11.1. The minimum Gasteiger partial charge on any atom is -0.370 e. The molecule has 0 atom stereocenters. The molecule has 0 bridgehead atoms. The molecule has 4 rings (SSSR count). The average Bonchev–Trinajstić information content (AvgIpc) is 2.78. The number of benzene rings is 1. The summed E-state index contributed by atoms with van der Waals surface area (Å²) in [6.07, 6.45) is 3.77.